The molecule has 1 fully saturated rings. The monoisotopic (exact) mass is 375 g/mol. The van der Waals surface area contributed by atoms with Crippen LogP contribution in [0.15, 0.2) is 59.7 Å². The van der Waals surface area contributed by atoms with Crippen LogP contribution in [0.1, 0.15) is 43.7 Å². The van der Waals surface area contributed by atoms with E-state index >= 15 is 0 Å². The van der Waals surface area contributed by atoms with Crippen LogP contribution in [-0.2, 0) is 17.9 Å². The van der Waals surface area contributed by atoms with Crippen molar-refractivity contribution in [1.29, 1.82) is 0 Å². The van der Waals surface area contributed by atoms with E-state index < -0.39 is 0 Å². The molecule has 4 rings (SSSR count). The first-order valence-corrected chi connectivity index (χ1v) is 9.85. The van der Waals surface area contributed by atoms with Crippen LogP contribution in [0.25, 0.3) is 10.9 Å². The summed E-state index contributed by atoms with van der Waals surface area (Å²) in [7, 11) is 0. The molecule has 5 nitrogen and oxygen atoms in total. The van der Waals surface area contributed by atoms with Crippen molar-refractivity contribution in [2.24, 2.45) is 0 Å². The lowest BCUT2D eigenvalue weighted by atomic mass is 10.0. The SMILES string of the molecule is CC(C)c1ccc(CN(C(=O)Cn2cnc3ccccc3c2=O)C2CC2)cc1. The summed E-state index contributed by atoms with van der Waals surface area (Å²) in [6.45, 7) is 4.95. The Bertz CT molecular complexity index is 1050. The third kappa shape index (κ3) is 3.84. The summed E-state index contributed by atoms with van der Waals surface area (Å²) < 4.78 is 1.42. The molecule has 0 N–H and O–H groups in total. The minimum atomic E-state index is -0.170. The lowest BCUT2D eigenvalue weighted by Gasteiger charge is -2.23. The zero-order chi connectivity index (χ0) is 19.7. The molecule has 2 aromatic carbocycles. The quantitative estimate of drug-likeness (QED) is 0.660. The van der Waals surface area contributed by atoms with Crippen molar-refractivity contribution in [2.75, 3.05) is 0 Å². The molecule has 0 saturated heterocycles. The van der Waals surface area contributed by atoms with Gasteiger partial charge < -0.3 is 4.90 Å². The van der Waals surface area contributed by atoms with Crippen LogP contribution in [0.2, 0.25) is 0 Å². The van der Waals surface area contributed by atoms with Crippen LogP contribution >= 0.6 is 0 Å². The van der Waals surface area contributed by atoms with Gasteiger partial charge >= 0.3 is 0 Å². The second-order valence-corrected chi connectivity index (χ2v) is 7.84. The van der Waals surface area contributed by atoms with Crippen molar-refractivity contribution < 1.29 is 4.79 Å². The predicted molar refractivity (Wildman–Crippen MR) is 110 cm³/mol. The maximum absolute atomic E-state index is 13.0. The van der Waals surface area contributed by atoms with Crippen LogP contribution in [0.4, 0.5) is 0 Å². The molecule has 0 radical (unpaired) electrons. The van der Waals surface area contributed by atoms with Gasteiger partial charge in [0.15, 0.2) is 0 Å². The highest BCUT2D eigenvalue weighted by molar-refractivity contribution is 5.79. The summed E-state index contributed by atoms with van der Waals surface area (Å²) >= 11 is 0. The second kappa shape index (κ2) is 7.58. The summed E-state index contributed by atoms with van der Waals surface area (Å²) in [4.78, 5) is 31.9. The first-order valence-electron chi connectivity index (χ1n) is 9.85. The molecular weight excluding hydrogens is 350 g/mol. The molecule has 5 heteroatoms. The summed E-state index contributed by atoms with van der Waals surface area (Å²) in [6.07, 6.45) is 3.53. The molecule has 1 saturated carbocycles. The van der Waals surface area contributed by atoms with Gasteiger partial charge in [-0.05, 0) is 42.0 Å². The number of fused-ring (bicyclic) bond motifs is 1. The molecule has 3 aromatic rings. The highest BCUT2D eigenvalue weighted by Crippen LogP contribution is 2.29. The molecule has 144 valence electrons. The Morgan fingerprint density at radius 2 is 1.86 bits per heavy atom. The van der Waals surface area contributed by atoms with Crippen molar-refractivity contribution >= 4 is 16.8 Å². The van der Waals surface area contributed by atoms with Crippen molar-refractivity contribution in [1.82, 2.24) is 14.5 Å². The van der Waals surface area contributed by atoms with Gasteiger partial charge in [0.1, 0.15) is 6.54 Å². The van der Waals surface area contributed by atoms with E-state index in [4.69, 9.17) is 0 Å². The Labute approximate surface area is 164 Å². The number of hydrogen-bond acceptors (Lipinski definition) is 3. The Hall–Kier alpha value is -2.95. The van der Waals surface area contributed by atoms with Gasteiger partial charge in [0.2, 0.25) is 5.91 Å². The van der Waals surface area contributed by atoms with E-state index in [9.17, 15) is 9.59 Å². The lowest BCUT2D eigenvalue weighted by molar-refractivity contribution is -0.133. The van der Waals surface area contributed by atoms with Gasteiger partial charge in [-0.1, -0.05) is 50.2 Å². The molecule has 0 atom stereocenters. The van der Waals surface area contributed by atoms with E-state index in [1.807, 2.05) is 17.0 Å². The number of carbonyl (C=O) groups excluding carboxylic acids is 1. The number of rotatable bonds is 6. The average molecular weight is 375 g/mol. The Balaban J connectivity index is 1.53. The molecule has 1 heterocycles. The van der Waals surface area contributed by atoms with Gasteiger partial charge in [0.05, 0.1) is 17.2 Å². The van der Waals surface area contributed by atoms with Crippen LogP contribution in [0, 0.1) is 0 Å². The van der Waals surface area contributed by atoms with Crippen molar-refractivity contribution in [2.45, 2.75) is 51.7 Å². The number of amides is 1. The second-order valence-electron chi connectivity index (χ2n) is 7.84. The third-order valence-electron chi connectivity index (χ3n) is 5.34. The van der Waals surface area contributed by atoms with Crippen molar-refractivity contribution in [3.8, 4) is 0 Å². The fraction of sp³-hybridized carbons (Fsp3) is 0.348. The van der Waals surface area contributed by atoms with Gasteiger partial charge in [0.25, 0.3) is 5.56 Å². The van der Waals surface area contributed by atoms with Gasteiger partial charge in [-0.3, -0.25) is 14.2 Å². The molecular formula is C23H25N3O2. The highest BCUT2D eigenvalue weighted by atomic mass is 16.2. The number of benzene rings is 2. The topological polar surface area (TPSA) is 55.2 Å². The molecule has 1 aliphatic carbocycles. The zero-order valence-electron chi connectivity index (χ0n) is 16.3. The van der Waals surface area contributed by atoms with E-state index in [0.29, 0.717) is 23.4 Å². The van der Waals surface area contributed by atoms with Crippen molar-refractivity contribution in [3.05, 3.63) is 76.3 Å². The number of para-hydroxylation sites is 1. The van der Waals surface area contributed by atoms with E-state index in [1.165, 1.54) is 16.5 Å². The normalized spacial score (nSPS) is 13.8. The number of nitrogens with zero attached hydrogens (tertiary/aromatic N) is 3. The zero-order valence-corrected chi connectivity index (χ0v) is 16.3. The van der Waals surface area contributed by atoms with Crippen LogP contribution in [0.3, 0.4) is 0 Å². The van der Waals surface area contributed by atoms with Gasteiger partial charge in [-0.2, -0.15) is 0 Å². The Morgan fingerprint density at radius 1 is 1.14 bits per heavy atom. The standard InChI is InChI=1S/C23H25N3O2/c1-16(2)18-9-7-17(8-10-18)13-26(19-11-12-19)22(27)14-25-15-24-21-6-4-3-5-20(21)23(25)28/h3-10,15-16,19H,11-14H2,1-2H3. The van der Waals surface area contributed by atoms with E-state index in [0.717, 1.165) is 18.4 Å². The van der Waals surface area contributed by atoms with Gasteiger partial charge in [-0.15, -0.1) is 0 Å². The van der Waals surface area contributed by atoms with Crippen LogP contribution < -0.4 is 5.56 Å². The van der Waals surface area contributed by atoms with Gasteiger partial charge in [-0.25, -0.2) is 4.98 Å². The molecule has 1 amide bonds. The molecule has 1 aliphatic rings. The Kier molecular flexibility index (Phi) is 4.99. The number of carbonyl (C=O) groups is 1. The summed E-state index contributed by atoms with van der Waals surface area (Å²) in [5.41, 5.74) is 2.90. The Morgan fingerprint density at radius 3 is 2.54 bits per heavy atom. The molecule has 28 heavy (non-hydrogen) atoms. The first kappa shape index (κ1) is 18.4. The van der Waals surface area contributed by atoms with Crippen molar-refractivity contribution in [3.63, 3.8) is 0 Å². The lowest BCUT2D eigenvalue weighted by Crippen LogP contribution is -2.37. The van der Waals surface area contributed by atoms with Crippen LogP contribution in [-0.4, -0.2) is 26.4 Å². The molecule has 0 unspecified atom stereocenters. The third-order valence-corrected chi connectivity index (χ3v) is 5.34. The minimum absolute atomic E-state index is 0.0250. The van der Waals surface area contributed by atoms with Gasteiger partial charge in [0, 0.05) is 12.6 Å². The summed E-state index contributed by atoms with van der Waals surface area (Å²) in [5.74, 6) is 0.456. The smallest absolute Gasteiger partial charge is 0.261 e. The fourth-order valence-corrected chi connectivity index (χ4v) is 3.47. The fourth-order valence-electron chi connectivity index (χ4n) is 3.47. The van der Waals surface area contributed by atoms with E-state index in [-0.39, 0.29) is 24.1 Å². The predicted octanol–water partition coefficient (Wildman–Crippen LogP) is 3.71. The maximum Gasteiger partial charge on any atom is 0.261 e. The molecule has 1 aromatic heterocycles. The maximum atomic E-state index is 13.0. The molecule has 0 bridgehead atoms. The van der Waals surface area contributed by atoms with E-state index in [2.05, 4.69) is 43.1 Å². The minimum Gasteiger partial charge on any atom is -0.334 e. The summed E-state index contributed by atoms with van der Waals surface area (Å²) in [6, 6.07) is 16.0. The average Bonchev–Trinajstić information content (AvgIpc) is 3.54. The highest BCUT2D eigenvalue weighted by Gasteiger charge is 2.32. The largest absolute Gasteiger partial charge is 0.334 e. The molecule has 0 aliphatic heterocycles. The van der Waals surface area contributed by atoms with E-state index in [1.54, 1.807) is 12.1 Å². The van der Waals surface area contributed by atoms with Crippen LogP contribution in [0.5, 0.6) is 0 Å². The molecule has 0 spiro atoms. The number of aromatic nitrogens is 2. The number of hydrogen-bond donors (Lipinski definition) is 0. The first-order chi connectivity index (χ1) is 13.5. The summed E-state index contributed by atoms with van der Waals surface area (Å²) in [5, 5.41) is 0.542.